The molecule has 0 N–H and O–H groups in total. The van der Waals surface area contributed by atoms with Crippen LogP contribution in [0.25, 0.3) is 0 Å². The molecule has 1 aliphatic rings. The molecule has 1 fully saturated rings. The third kappa shape index (κ3) is 3.14. The first-order valence-corrected chi connectivity index (χ1v) is 7.25. The van der Waals surface area contributed by atoms with Crippen molar-refractivity contribution >= 4 is 0 Å². The van der Waals surface area contributed by atoms with Crippen molar-refractivity contribution in [2.75, 3.05) is 13.1 Å². The van der Waals surface area contributed by atoms with E-state index in [0.717, 1.165) is 18.9 Å². The summed E-state index contributed by atoms with van der Waals surface area (Å²) in [7, 11) is 0. The summed E-state index contributed by atoms with van der Waals surface area (Å²) in [4.78, 5) is 7.05. The highest BCUT2D eigenvalue weighted by molar-refractivity contribution is 4.93. The molecule has 1 aromatic rings. The van der Waals surface area contributed by atoms with E-state index in [9.17, 15) is 0 Å². The Hall–Kier alpha value is -0.830. The maximum atomic E-state index is 4.42. The first kappa shape index (κ1) is 13.6. The fourth-order valence-corrected chi connectivity index (χ4v) is 2.92. The van der Waals surface area contributed by atoms with Crippen LogP contribution in [-0.4, -0.2) is 33.1 Å². The minimum atomic E-state index is 0.307. The molecule has 1 aromatic heterocycles. The molecule has 0 bridgehead atoms. The fraction of sp³-hybridized carbons (Fsp3) is 0.800. The third-order valence-corrected chi connectivity index (χ3v) is 4.04. The SMILES string of the molecule is CCc1nccn1C[C@@H]1CCCN(C(C)(C)C)C1. The van der Waals surface area contributed by atoms with Crippen molar-refractivity contribution in [3.05, 3.63) is 18.2 Å². The second-order valence-corrected chi connectivity index (χ2v) is 6.47. The lowest BCUT2D eigenvalue weighted by molar-refractivity contribution is 0.0731. The lowest BCUT2D eigenvalue weighted by Gasteiger charge is -2.41. The normalized spacial score (nSPS) is 22.3. The Balaban J connectivity index is 1.98. The van der Waals surface area contributed by atoms with Gasteiger partial charge in [-0.3, -0.25) is 4.90 Å². The molecule has 1 saturated heterocycles. The number of rotatable bonds is 3. The van der Waals surface area contributed by atoms with Gasteiger partial charge in [-0.15, -0.1) is 0 Å². The van der Waals surface area contributed by atoms with E-state index in [0.29, 0.717) is 5.54 Å². The van der Waals surface area contributed by atoms with Crippen LogP contribution >= 0.6 is 0 Å². The van der Waals surface area contributed by atoms with Gasteiger partial charge in [0.2, 0.25) is 0 Å². The lowest BCUT2D eigenvalue weighted by Crippen LogP contribution is -2.47. The number of nitrogens with zero attached hydrogens (tertiary/aromatic N) is 3. The van der Waals surface area contributed by atoms with E-state index in [4.69, 9.17) is 0 Å². The Morgan fingerprint density at radius 2 is 2.17 bits per heavy atom. The monoisotopic (exact) mass is 249 g/mol. The van der Waals surface area contributed by atoms with Gasteiger partial charge in [0.25, 0.3) is 0 Å². The highest BCUT2D eigenvalue weighted by Gasteiger charge is 2.28. The van der Waals surface area contributed by atoms with Crippen LogP contribution in [0.4, 0.5) is 0 Å². The molecule has 0 aliphatic carbocycles. The molecule has 2 rings (SSSR count). The van der Waals surface area contributed by atoms with E-state index >= 15 is 0 Å². The van der Waals surface area contributed by atoms with Gasteiger partial charge in [-0.2, -0.15) is 0 Å². The Morgan fingerprint density at radius 3 is 2.83 bits per heavy atom. The summed E-state index contributed by atoms with van der Waals surface area (Å²) in [5, 5.41) is 0. The highest BCUT2D eigenvalue weighted by Crippen LogP contribution is 2.25. The van der Waals surface area contributed by atoms with E-state index < -0.39 is 0 Å². The standard InChI is InChI=1S/C15H27N3/c1-5-14-16-8-10-17(14)11-13-7-6-9-18(12-13)15(2,3)4/h8,10,13H,5-7,9,11-12H2,1-4H3/t13-/m0/s1. The van der Waals surface area contributed by atoms with Crippen LogP contribution < -0.4 is 0 Å². The lowest BCUT2D eigenvalue weighted by atomic mass is 9.93. The van der Waals surface area contributed by atoms with Crippen LogP contribution in [0.2, 0.25) is 0 Å². The summed E-state index contributed by atoms with van der Waals surface area (Å²) in [6, 6.07) is 0. The Labute approximate surface area is 111 Å². The fourth-order valence-electron chi connectivity index (χ4n) is 2.92. The number of aromatic nitrogens is 2. The highest BCUT2D eigenvalue weighted by atomic mass is 15.2. The van der Waals surface area contributed by atoms with Gasteiger partial charge >= 0.3 is 0 Å². The first-order valence-electron chi connectivity index (χ1n) is 7.25. The molecular weight excluding hydrogens is 222 g/mol. The van der Waals surface area contributed by atoms with Gasteiger partial charge in [0.05, 0.1) is 0 Å². The van der Waals surface area contributed by atoms with Gasteiger partial charge in [-0.1, -0.05) is 6.92 Å². The molecule has 0 aromatic carbocycles. The van der Waals surface area contributed by atoms with Gasteiger partial charge in [0.1, 0.15) is 5.82 Å². The molecule has 0 spiro atoms. The molecule has 3 nitrogen and oxygen atoms in total. The summed E-state index contributed by atoms with van der Waals surface area (Å²) >= 11 is 0. The number of likely N-dealkylation sites (tertiary alicyclic amines) is 1. The van der Waals surface area contributed by atoms with E-state index in [1.54, 1.807) is 0 Å². The maximum absolute atomic E-state index is 4.42. The second kappa shape index (κ2) is 5.43. The van der Waals surface area contributed by atoms with E-state index in [2.05, 4.69) is 48.3 Å². The van der Waals surface area contributed by atoms with Gasteiger partial charge in [-0.25, -0.2) is 4.98 Å². The van der Waals surface area contributed by atoms with Gasteiger partial charge in [0.15, 0.2) is 0 Å². The van der Waals surface area contributed by atoms with Crippen molar-refractivity contribution in [1.82, 2.24) is 14.5 Å². The summed E-state index contributed by atoms with van der Waals surface area (Å²) < 4.78 is 2.34. The second-order valence-electron chi connectivity index (χ2n) is 6.47. The molecule has 1 aliphatic heterocycles. The Kier molecular flexibility index (Phi) is 4.10. The minimum Gasteiger partial charge on any atom is -0.335 e. The summed E-state index contributed by atoms with van der Waals surface area (Å²) in [5.41, 5.74) is 0.307. The van der Waals surface area contributed by atoms with Crippen molar-refractivity contribution in [3.63, 3.8) is 0 Å². The third-order valence-electron chi connectivity index (χ3n) is 4.04. The van der Waals surface area contributed by atoms with E-state index in [1.165, 1.54) is 31.8 Å². The smallest absolute Gasteiger partial charge is 0.108 e. The molecule has 1 atom stereocenters. The molecule has 2 heterocycles. The van der Waals surface area contributed by atoms with Crippen LogP contribution in [0.15, 0.2) is 12.4 Å². The van der Waals surface area contributed by atoms with Crippen LogP contribution in [0.1, 0.15) is 46.4 Å². The summed E-state index contributed by atoms with van der Waals surface area (Å²) in [6.45, 7) is 12.8. The van der Waals surface area contributed by atoms with E-state index in [-0.39, 0.29) is 0 Å². The number of hydrogen-bond acceptors (Lipinski definition) is 2. The van der Waals surface area contributed by atoms with Crippen molar-refractivity contribution in [2.24, 2.45) is 5.92 Å². The predicted octanol–water partition coefficient (Wildman–Crippen LogP) is 2.96. The van der Waals surface area contributed by atoms with Crippen LogP contribution in [-0.2, 0) is 13.0 Å². The van der Waals surface area contributed by atoms with Crippen molar-refractivity contribution in [3.8, 4) is 0 Å². The zero-order valence-corrected chi connectivity index (χ0v) is 12.3. The average Bonchev–Trinajstić information content (AvgIpc) is 2.75. The van der Waals surface area contributed by atoms with Crippen LogP contribution in [0, 0.1) is 5.92 Å². The Morgan fingerprint density at radius 1 is 1.39 bits per heavy atom. The zero-order valence-electron chi connectivity index (χ0n) is 12.3. The number of aryl methyl sites for hydroxylation is 1. The molecule has 3 heteroatoms. The number of hydrogen-bond donors (Lipinski definition) is 0. The largest absolute Gasteiger partial charge is 0.335 e. The zero-order chi connectivity index (χ0) is 13.2. The van der Waals surface area contributed by atoms with Crippen LogP contribution in [0.5, 0.6) is 0 Å². The van der Waals surface area contributed by atoms with Gasteiger partial charge in [0, 0.05) is 37.4 Å². The summed E-state index contributed by atoms with van der Waals surface area (Å²) in [5.74, 6) is 2.00. The van der Waals surface area contributed by atoms with Crippen molar-refractivity contribution < 1.29 is 0 Å². The Bertz CT molecular complexity index is 375. The van der Waals surface area contributed by atoms with Crippen LogP contribution in [0.3, 0.4) is 0 Å². The maximum Gasteiger partial charge on any atom is 0.108 e. The molecule has 0 amide bonds. The molecule has 102 valence electrons. The first-order chi connectivity index (χ1) is 8.50. The minimum absolute atomic E-state index is 0.307. The molecule has 0 radical (unpaired) electrons. The van der Waals surface area contributed by atoms with Crippen molar-refractivity contribution in [2.45, 2.75) is 59.0 Å². The number of piperidine rings is 1. The molecule has 0 saturated carbocycles. The predicted molar refractivity (Wildman–Crippen MR) is 75.7 cm³/mol. The average molecular weight is 249 g/mol. The molecule has 18 heavy (non-hydrogen) atoms. The summed E-state index contributed by atoms with van der Waals surface area (Å²) in [6.07, 6.45) is 7.78. The molecule has 0 unspecified atom stereocenters. The van der Waals surface area contributed by atoms with Crippen molar-refractivity contribution in [1.29, 1.82) is 0 Å². The topological polar surface area (TPSA) is 21.1 Å². The molecular formula is C15H27N3. The quantitative estimate of drug-likeness (QED) is 0.821. The van der Waals surface area contributed by atoms with Gasteiger partial charge in [-0.05, 0) is 46.1 Å². The number of imidazole rings is 1. The van der Waals surface area contributed by atoms with E-state index in [1.807, 2.05) is 6.20 Å². The van der Waals surface area contributed by atoms with Gasteiger partial charge < -0.3 is 4.57 Å².